The van der Waals surface area contributed by atoms with Crippen molar-refractivity contribution in [2.45, 2.75) is 18.9 Å². The van der Waals surface area contributed by atoms with Crippen molar-refractivity contribution in [1.82, 2.24) is 0 Å². The van der Waals surface area contributed by atoms with Crippen LogP contribution in [0.25, 0.3) is 0 Å². The third kappa shape index (κ3) is 4.76. The second-order valence-corrected chi connectivity index (χ2v) is 5.65. The van der Waals surface area contributed by atoms with Crippen LogP contribution in [0.5, 0.6) is 5.75 Å². The van der Waals surface area contributed by atoms with Crippen LogP contribution in [0.15, 0.2) is 24.3 Å². The molecule has 1 atom stereocenters. The van der Waals surface area contributed by atoms with E-state index in [1.807, 2.05) is 23.9 Å². The van der Waals surface area contributed by atoms with Gasteiger partial charge in [0.05, 0.1) is 12.7 Å². The fourth-order valence-corrected chi connectivity index (χ4v) is 2.83. The van der Waals surface area contributed by atoms with Crippen molar-refractivity contribution in [3.8, 4) is 5.75 Å². The molecule has 0 aliphatic carbocycles. The van der Waals surface area contributed by atoms with E-state index in [0.29, 0.717) is 12.7 Å². The summed E-state index contributed by atoms with van der Waals surface area (Å²) in [5.41, 5.74) is 6.11. The molecule has 0 saturated carbocycles. The molecule has 4 nitrogen and oxygen atoms in total. The van der Waals surface area contributed by atoms with Crippen molar-refractivity contribution in [2.75, 3.05) is 24.7 Å². The first-order valence-corrected chi connectivity index (χ1v) is 7.68. The Morgan fingerprint density at radius 1 is 1.42 bits per heavy atom. The van der Waals surface area contributed by atoms with Crippen LogP contribution in [0.3, 0.4) is 0 Å². The molecule has 1 aliphatic rings. The maximum atomic E-state index is 7.30. The van der Waals surface area contributed by atoms with Crippen molar-refractivity contribution in [3.63, 3.8) is 0 Å². The highest BCUT2D eigenvalue weighted by atomic mass is 32.2. The van der Waals surface area contributed by atoms with Gasteiger partial charge in [-0.1, -0.05) is 0 Å². The number of ether oxygens (including phenoxy) is 2. The fourth-order valence-electron chi connectivity index (χ4n) is 1.94. The van der Waals surface area contributed by atoms with Crippen LogP contribution in [0.4, 0.5) is 0 Å². The summed E-state index contributed by atoms with van der Waals surface area (Å²) in [7, 11) is 0. The predicted molar refractivity (Wildman–Crippen MR) is 79.3 cm³/mol. The number of hydrogen-bond acceptors (Lipinski definition) is 4. The van der Waals surface area contributed by atoms with E-state index in [4.69, 9.17) is 20.6 Å². The lowest BCUT2D eigenvalue weighted by molar-refractivity contribution is 0.129. The Morgan fingerprint density at radius 2 is 2.21 bits per heavy atom. The molecule has 104 valence electrons. The average molecular weight is 280 g/mol. The highest BCUT2D eigenvalue weighted by Gasteiger charge is 2.14. The highest BCUT2D eigenvalue weighted by molar-refractivity contribution is 7.99. The molecular formula is C14H20N2O2S. The fraction of sp³-hybridized carbons (Fsp3) is 0.500. The predicted octanol–water partition coefficient (Wildman–Crippen LogP) is 2.26. The summed E-state index contributed by atoms with van der Waals surface area (Å²) < 4.78 is 11.2. The van der Waals surface area contributed by atoms with Crippen LogP contribution >= 0.6 is 11.8 Å². The second-order valence-electron chi connectivity index (χ2n) is 4.50. The van der Waals surface area contributed by atoms with E-state index in [-0.39, 0.29) is 5.84 Å². The van der Waals surface area contributed by atoms with Crippen LogP contribution in [0.1, 0.15) is 18.4 Å². The molecule has 1 heterocycles. The van der Waals surface area contributed by atoms with Crippen molar-refractivity contribution in [3.05, 3.63) is 29.8 Å². The molecule has 5 heteroatoms. The number of benzene rings is 1. The zero-order valence-electron chi connectivity index (χ0n) is 10.9. The SMILES string of the molecule is N=C(N)c1ccc(OCCSCC2CCCO2)cc1. The van der Waals surface area contributed by atoms with Gasteiger partial charge in [0, 0.05) is 23.7 Å². The molecule has 0 amide bonds. The summed E-state index contributed by atoms with van der Waals surface area (Å²) in [5.74, 6) is 2.93. The molecule has 0 aromatic heterocycles. The molecule has 3 N–H and O–H groups in total. The lowest BCUT2D eigenvalue weighted by Gasteiger charge is -2.09. The molecule has 1 aromatic rings. The molecule has 1 unspecified atom stereocenters. The van der Waals surface area contributed by atoms with Gasteiger partial charge in [-0.05, 0) is 37.1 Å². The quantitative estimate of drug-likeness (QED) is 0.457. The Morgan fingerprint density at radius 3 is 2.84 bits per heavy atom. The average Bonchev–Trinajstić information content (AvgIpc) is 2.92. The summed E-state index contributed by atoms with van der Waals surface area (Å²) in [5, 5.41) is 7.30. The minimum Gasteiger partial charge on any atom is -0.493 e. The van der Waals surface area contributed by atoms with Gasteiger partial charge < -0.3 is 15.2 Å². The summed E-state index contributed by atoms with van der Waals surface area (Å²) in [4.78, 5) is 0. The number of nitrogen functional groups attached to an aromatic ring is 1. The van der Waals surface area contributed by atoms with E-state index in [1.54, 1.807) is 12.1 Å². The first kappa shape index (κ1) is 14.2. The normalized spacial score (nSPS) is 18.4. The molecule has 0 spiro atoms. The molecular weight excluding hydrogens is 260 g/mol. The summed E-state index contributed by atoms with van der Waals surface area (Å²) in [6.07, 6.45) is 2.84. The van der Waals surface area contributed by atoms with E-state index >= 15 is 0 Å². The largest absolute Gasteiger partial charge is 0.493 e. The van der Waals surface area contributed by atoms with Crippen LogP contribution in [0, 0.1) is 5.41 Å². The van der Waals surface area contributed by atoms with Crippen molar-refractivity contribution in [2.24, 2.45) is 5.73 Å². The molecule has 1 saturated heterocycles. The maximum Gasteiger partial charge on any atom is 0.122 e. The summed E-state index contributed by atoms with van der Waals surface area (Å²) >= 11 is 1.87. The molecule has 0 bridgehead atoms. The standard InChI is InChI=1S/C14H20N2O2S/c15-14(16)11-3-5-12(6-4-11)18-8-9-19-10-13-2-1-7-17-13/h3-6,13H,1-2,7-10H2,(H3,15,16). The van der Waals surface area contributed by atoms with Gasteiger partial charge in [-0.15, -0.1) is 0 Å². The Balaban J connectivity index is 1.61. The second kappa shape index (κ2) is 7.40. The van der Waals surface area contributed by atoms with E-state index < -0.39 is 0 Å². The lowest BCUT2D eigenvalue weighted by Crippen LogP contribution is -2.11. The number of nitrogens with two attached hydrogens (primary N) is 1. The molecule has 1 fully saturated rings. The van der Waals surface area contributed by atoms with Crippen LogP contribution in [-0.2, 0) is 4.74 Å². The van der Waals surface area contributed by atoms with E-state index in [2.05, 4.69) is 0 Å². The maximum absolute atomic E-state index is 7.30. The van der Waals surface area contributed by atoms with Crippen LogP contribution < -0.4 is 10.5 Å². The van der Waals surface area contributed by atoms with Gasteiger partial charge in [-0.3, -0.25) is 5.41 Å². The molecule has 19 heavy (non-hydrogen) atoms. The number of rotatable bonds is 7. The van der Waals surface area contributed by atoms with E-state index in [1.165, 1.54) is 12.8 Å². The molecule has 1 aliphatic heterocycles. The van der Waals surface area contributed by atoms with E-state index in [0.717, 1.165) is 29.4 Å². The topological polar surface area (TPSA) is 68.3 Å². The van der Waals surface area contributed by atoms with Gasteiger partial charge in [0.1, 0.15) is 11.6 Å². The zero-order chi connectivity index (χ0) is 13.5. The molecule has 2 rings (SSSR count). The van der Waals surface area contributed by atoms with Gasteiger partial charge in [0.15, 0.2) is 0 Å². The van der Waals surface area contributed by atoms with Crippen LogP contribution in [-0.4, -0.2) is 36.7 Å². The Bertz CT molecular complexity index is 402. The minimum absolute atomic E-state index is 0.0821. The highest BCUT2D eigenvalue weighted by Crippen LogP contribution is 2.17. The first-order chi connectivity index (χ1) is 9.25. The van der Waals surface area contributed by atoms with Crippen molar-refractivity contribution >= 4 is 17.6 Å². The van der Waals surface area contributed by atoms with Gasteiger partial charge >= 0.3 is 0 Å². The number of amidine groups is 1. The Hall–Kier alpha value is -1.20. The smallest absolute Gasteiger partial charge is 0.122 e. The van der Waals surface area contributed by atoms with Gasteiger partial charge in [-0.2, -0.15) is 11.8 Å². The zero-order valence-corrected chi connectivity index (χ0v) is 11.7. The molecule has 0 radical (unpaired) electrons. The number of thioether (sulfide) groups is 1. The van der Waals surface area contributed by atoms with Crippen molar-refractivity contribution in [1.29, 1.82) is 5.41 Å². The lowest BCUT2D eigenvalue weighted by atomic mass is 10.2. The third-order valence-electron chi connectivity index (χ3n) is 2.99. The molecule has 1 aromatic carbocycles. The summed E-state index contributed by atoms with van der Waals surface area (Å²) in [6, 6.07) is 7.30. The minimum atomic E-state index is 0.0821. The Kier molecular flexibility index (Phi) is 5.54. The van der Waals surface area contributed by atoms with Gasteiger partial charge in [0.25, 0.3) is 0 Å². The summed E-state index contributed by atoms with van der Waals surface area (Å²) in [6.45, 7) is 1.61. The number of hydrogen-bond donors (Lipinski definition) is 2. The van der Waals surface area contributed by atoms with Crippen molar-refractivity contribution < 1.29 is 9.47 Å². The van der Waals surface area contributed by atoms with Gasteiger partial charge in [0.2, 0.25) is 0 Å². The third-order valence-corrected chi connectivity index (χ3v) is 4.05. The van der Waals surface area contributed by atoms with Crippen LogP contribution in [0.2, 0.25) is 0 Å². The monoisotopic (exact) mass is 280 g/mol. The number of nitrogens with one attached hydrogen (secondary N) is 1. The Labute approximate surface area is 118 Å². The van der Waals surface area contributed by atoms with E-state index in [9.17, 15) is 0 Å². The van der Waals surface area contributed by atoms with Gasteiger partial charge in [-0.25, -0.2) is 0 Å². The first-order valence-electron chi connectivity index (χ1n) is 6.52.